The van der Waals surface area contributed by atoms with E-state index in [0.29, 0.717) is 19.6 Å². The van der Waals surface area contributed by atoms with Crippen LogP contribution in [-0.2, 0) is 17.8 Å². The molecular weight excluding hydrogens is 379 g/mol. The molecule has 1 saturated heterocycles. The van der Waals surface area contributed by atoms with Crippen molar-refractivity contribution in [3.05, 3.63) is 63.4 Å². The number of carboxylic acids is 1. The van der Waals surface area contributed by atoms with E-state index in [0.717, 1.165) is 40.2 Å². The third-order valence-electron chi connectivity index (χ3n) is 6.14. The first-order valence-electron chi connectivity index (χ1n) is 9.59. The largest absolute Gasteiger partial charge is 0.481 e. The average Bonchev–Trinajstić information content (AvgIpc) is 3.04. The van der Waals surface area contributed by atoms with Crippen molar-refractivity contribution in [2.75, 3.05) is 25.0 Å². The lowest BCUT2D eigenvalue weighted by molar-refractivity contribution is -0.147. The van der Waals surface area contributed by atoms with E-state index >= 15 is 0 Å². The monoisotopic (exact) mass is 402 g/mol. The maximum absolute atomic E-state index is 14.6. The van der Waals surface area contributed by atoms with Gasteiger partial charge < -0.3 is 10.0 Å². The molecule has 1 heterocycles. The molecule has 2 aromatic carbocycles. The molecule has 1 N–H and O–H groups in total. The Bertz CT molecular complexity index is 927. The van der Waals surface area contributed by atoms with Gasteiger partial charge in [0.05, 0.1) is 12.0 Å². The highest BCUT2D eigenvalue weighted by Crippen LogP contribution is 2.40. The smallest absolute Gasteiger partial charge is 0.309 e. The molecule has 1 aliphatic heterocycles. The third kappa shape index (κ3) is 3.38. The van der Waals surface area contributed by atoms with Gasteiger partial charge in [0.15, 0.2) is 0 Å². The number of likely N-dealkylation sites (tertiary alicyclic amines) is 1. The zero-order valence-electron chi connectivity index (χ0n) is 16.1. The first-order valence-corrected chi connectivity index (χ1v) is 9.97. The number of hydrogen-bond donors (Lipinski definition) is 1. The Balaban J connectivity index is 1.57. The number of rotatable bonds is 5. The number of halogens is 2. The Morgan fingerprint density at radius 3 is 2.75 bits per heavy atom. The fraction of sp³-hybridized carbons (Fsp3) is 0.409. The molecule has 148 valence electrons. The lowest BCUT2D eigenvalue weighted by Crippen LogP contribution is -2.49. The molecule has 0 bridgehead atoms. The van der Waals surface area contributed by atoms with Gasteiger partial charge in [-0.1, -0.05) is 17.7 Å². The summed E-state index contributed by atoms with van der Waals surface area (Å²) >= 11 is 6.16. The van der Waals surface area contributed by atoms with Crippen LogP contribution in [-0.4, -0.2) is 36.1 Å². The Labute approximate surface area is 169 Å². The molecule has 1 aliphatic carbocycles. The van der Waals surface area contributed by atoms with Crippen LogP contribution in [0.1, 0.15) is 34.7 Å². The molecular formula is C22H24ClFN2O2. The molecule has 4 rings (SSSR count). The van der Waals surface area contributed by atoms with Gasteiger partial charge in [-0.3, -0.25) is 9.69 Å². The number of nitrogens with zero attached hydrogens (tertiary/aromatic N) is 2. The van der Waals surface area contributed by atoms with Crippen LogP contribution < -0.4 is 4.90 Å². The van der Waals surface area contributed by atoms with Gasteiger partial charge in [-0.25, -0.2) is 4.39 Å². The summed E-state index contributed by atoms with van der Waals surface area (Å²) in [4.78, 5) is 15.3. The quantitative estimate of drug-likeness (QED) is 0.803. The fourth-order valence-corrected chi connectivity index (χ4v) is 4.52. The number of carboxylic acid groups (broad SMARTS) is 1. The highest BCUT2D eigenvalue weighted by molar-refractivity contribution is 6.31. The van der Waals surface area contributed by atoms with Gasteiger partial charge in [-0.05, 0) is 60.7 Å². The van der Waals surface area contributed by atoms with Crippen LogP contribution in [0.3, 0.4) is 0 Å². The summed E-state index contributed by atoms with van der Waals surface area (Å²) in [6.45, 7) is 3.46. The molecule has 1 unspecified atom stereocenters. The van der Waals surface area contributed by atoms with Crippen molar-refractivity contribution in [3.63, 3.8) is 0 Å². The molecule has 2 aliphatic rings. The van der Waals surface area contributed by atoms with Crippen LogP contribution in [0.2, 0.25) is 5.02 Å². The van der Waals surface area contributed by atoms with Gasteiger partial charge in [-0.15, -0.1) is 0 Å². The Hall–Kier alpha value is -2.11. The number of anilines is 1. The van der Waals surface area contributed by atoms with Gasteiger partial charge in [0.25, 0.3) is 0 Å². The summed E-state index contributed by atoms with van der Waals surface area (Å²) < 4.78 is 14.6. The van der Waals surface area contributed by atoms with E-state index in [1.807, 2.05) is 30.0 Å². The first kappa shape index (κ1) is 19.2. The highest BCUT2D eigenvalue weighted by Gasteiger charge is 2.35. The van der Waals surface area contributed by atoms with Crippen molar-refractivity contribution in [2.45, 2.75) is 32.4 Å². The topological polar surface area (TPSA) is 43.8 Å². The van der Waals surface area contributed by atoms with Crippen LogP contribution in [0.5, 0.6) is 0 Å². The standard InChI is InChI=1S/C22H24ClFN2O2/c1-13-9-15(3-6-19(13)23)25(2)21-8-5-16-17(21)4-7-20(24)18(16)12-26-10-14(11-26)22(27)28/h3-4,6-7,9,14,21H,5,8,10-12H2,1-2H3,(H,27,28). The Kier molecular flexibility index (Phi) is 5.06. The molecule has 1 atom stereocenters. The zero-order chi connectivity index (χ0) is 20.0. The van der Waals surface area contributed by atoms with Crippen molar-refractivity contribution in [1.29, 1.82) is 0 Å². The summed E-state index contributed by atoms with van der Waals surface area (Å²) in [6, 6.07) is 9.67. The fourth-order valence-electron chi connectivity index (χ4n) is 4.41. The van der Waals surface area contributed by atoms with E-state index in [-0.39, 0.29) is 17.8 Å². The first-order chi connectivity index (χ1) is 13.3. The molecule has 0 amide bonds. The Morgan fingerprint density at radius 1 is 1.32 bits per heavy atom. The molecule has 0 radical (unpaired) electrons. The number of hydrogen-bond acceptors (Lipinski definition) is 3. The lowest BCUT2D eigenvalue weighted by atomic mass is 9.96. The van der Waals surface area contributed by atoms with Crippen molar-refractivity contribution in [1.82, 2.24) is 4.90 Å². The minimum absolute atomic E-state index is 0.192. The molecule has 6 heteroatoms. The zero-order valence-corrected chi connectivity index (χ0v) is 16.8. The van der Waals surface area contributed by atoms with Crippen LogP contribution >= 0.6 is 11.6 Å². The Morgan fingerprint density at radius 2 is 2.07 bits per heavy atom. The molecule has 0 spiro atoms. The van der Waals surface area contributed by atoms with Gasteiger partial charge in [0.2, 0.25) is 0 Å². The van der Waals surface area contributed by atoms with E-state index in [4.69, 9.17) is 16.7 Å². The van der Waals surface area contributed by atoms with Crippen LogP contribution in [0.4, 0.5) is 10.1 Å². The second kappa shape index (κ2) is 7.37. The molecule has 0 aromatic heterocycles. The molecule has 4 nitrogen and oxygen atoms in total. The second-order valence-electron chi connectivity index (χ2n) is 7.92. The number of aliphatic carboxylic acids is 1. The summed E-state index contributed by atoms with van der Waals surface area (Å²) in [6.07, 6.45) is 1.77. The minimum atomic E-state index is -0.769. The molecule has 2 aromatic rings. The number of fused-ring (bicyclic) bond motifs is 1. The van der Waals surface area contributed by atoms with Crippen molar-refractivity contribution < 1.29 is 14.3 Å². The minimum Gasteiger partial charge on any atom is -0.481 e. The predicted molar refractivity (Wildman–Crippen MR) is 108 cm³/mol. The molecule has 0 saturated carbocycles. The average molecular weight is 403 g/mol. The van der Waals surface area contributed by atoms with Gasteiger partial charge in [0, 0.05) is 43.0 Å². The van der Waals surface area contributed by atoms with E-state index in [1.165, 1.54) is 5.56 Å². The SMILES string of the molecule is Cc1cc(N(C)C2CCc3c2ccc(F)c3CN2CC(C(=O)O)C2)ccc1Cl. The summed E-state index contributed by atoms with van der Waals surface area (Å²) in [5.74, 6) is -1.29. The number of aryl methyl sites for hydroxylation is 1. The van der Waals surface area contributed by atoms with Crippen LogP contribution in [0.25, 0.3) is 0 Å². The summed E-state index contributed by atoms with van der Waals surface area (Å²) in [5.41, 5.74) is 5.11. The van der Waals surface area contributed by atoms with Crippen LogP contribution in [0, 0.1) is 18.7 Å². The van der Waals surface area contributed by atoms with Crippen molar-refractivity contribution in [2.24, 2.45) is 5.92 Å². The van der Waals surface area contributed by atoms with Gasteiger partial charge in [-0.2, -0.15) is 0 Å². The van der Waals surface area contributed by atoms with Crippen molar-refractivity contribution >= 4 is 23.3 Å². The lowest BCUT2D eigenvalue weighted by Gasteiger charge is -2.37. The van der Waals surface area contributed by atoms with E-state index in [2.05, 4.69) is 18.0 Å². The predicted octanol–water partition coefficient (Wildman–Crippen LogP) is 4.43. The van der Waals surface area contributed by atoms with Gasteiger partial charge in [0.1, 0.15) is 5.82 Å². The maximum Gasteiger partial charge on any atom is 0.309 e. The third-order valence-corrected chi connectivity index (χ3v) is 6.57. The van der Waals surface area contributed by atoms with Crippen LogP contribution in [0.15, 0.2) is 30.3 Å². The summed E-state index contributed by atoms with van der Waals surface area (Å²) in [5, 5.41) is 9.81. The molecule has 28 heavy (non-hydrogen) atoms. The van der Waals surface area contributed by atoms with Gasteiger partial charge >= 0.3 is 5.97 Å². The van der Waals surface area contributed by atoms with E-state index in [1.54, 1.807) is 6.07 Å². The van der Waals surface area contributed by atoms with E-state index < -0.39 is 5.97 Å². The summed E-state index contributed by atoms with van der Waals surface area (Å²) in [7, 11) is 2.07. The molecule has 1 fully saturated rings. The highest BCUT2D eigenvalue weighted by atomic mass is 35.5. The number of carbonyl (C=O) groups is 1. The normalized spacial score (nSPS) is 19.4. The second-order valence-corrected chi connectivity index (χ2v) is 8.33. The number of benzene rings is 2. The maximum atomic E-state index is 14.6. The van der Waals surface area contributed by atoms with Crippen molar-refractivity contribution in [3.8, 4) is 0 Å². The van der Waals surface area contributed by atoms with E-state index in [9.17, 15) is 9.18 Å².